The molecule has 156 valence electrons. The summed E-state index contributed by atoms with van der Waals surface area (Å²) in [5, 5.41) is 9.40. The highest BCUT2D eigenvalue weighted by Gasteiger charge is 2.21. The van der Waals surface area contributed by atoms with Crippen LogP contribution in [0, 0.1) is 5.92 Å². The van der Waals surface area contributed by atoms with Gasteiger partial charge in [-0.1, -0.05) is 80.4 Å². The van der Waals surface area contributed by atoms with Crippen molar-refractivity contribution in [3.8, 4) is 16.9 Å². The van der Waals surface area contributed by atoms with E-state index in [1.165, 1.54) is 66.3 Å². The van der Waals surface area contributed by atoms with E-state index in [9.17, 15) is 5.11 Å². The Morgan fingerprint density at radius 1 is 0.667 bits per heavy atom. The van der Waals surface area contributed by atoms with Crippen molar-refractivity contribution < 1.29 is 5.11 Å². The Morgan fingerprint density at radius 3 is 1.70 bits per heavy atom. The third-order valence-corrected chi connectivity index (χ3v) is 6.85. The molecule has 0 heterocycles. The second-order valence-electron chi connectivity index (χ2n) is 8.99. The van der Waals surface area contributed by atoms with Crippen molar-refractivity contribution >= 4 is 0 Å². The number of benzene rings is 3. The summed E-state index contributed by atoms with van der Waals surface area (Å²) in [7, 11) is 0. The van der Waals surface area contributed by atoms with Crippen LogP contribution in [0.2, 0.25) is 0 Å². The average molecular weight is 399 g/mol. The normalized spacial score (nSPS) is 19.0. The zero-order valence-corrected chi connectivity index (χ0v) is 18.2. The lowest BCUT2D eigenvalue weighted by Gasteiger charge is -2.28. The highest BCUT2D eigenvalue weighted by atomic mass is 16.3. The lowest BCUT2D eigenvalue weighted by molar-refractivity contribution is 0.308. The van der Waals surface area contributed by atoms with Crippen LogP contribution in [0.5, 0.6) is 5.75 Å². The van der Waals surface area contributed by atoms with Crippen LogP contribution in [0.3, 0.4) is 0 Å². The summed E-state index contributed by atoms with van der Waals surface area (Å²) in [6, 6.07) is 25.8. The molecule has 0 atom stereocenters. The first-order chi connectivity index (χ1) is 14.7. The molecule has 1 aliphatic carbocycles. The minimum Gasteiger partial charge on any atom is -0.508 e. The molecule has 1 N–H and O–H groups in total. The van der Waals surface area contributed by atoms with Gasteiger partial charge in [0.2, 0.25) is 0 Å². The maximum atomic E-state index is 9.40. The molecule has 0 aromatic heterocycles. The molecule has 1 heteroatoms. The van der Waals surface area contributed by atoms with Crippen molar-refractivity contribution in [2.75, 3.05) is 0 Å². The Kier molecular flexibility index (Phi) is 6.89. The SMILES string of the molecule is CCCC1CCC(c2ccc(-c3ccc(CCc4ccc(O)cc4)cc3)cc2)CC1. The van der Waals surface area contributed by atoms with E-state index in [4.69, 9.17) is 0 Å². The minimum absolute atomic E-state index is 0.332. The van der Waals surface area contributed by atoms with Gasteiger partial charge in [-0.2, -0.15) is 0 Å². The summed E-state index contributed by atoms with van der Waals surface area (Å²) < 4.78 is 0. The molecule has 30 heavy (non-hydrogen) atoms. The number of aryl methyl sites for hydroxylation is 2. The summed E-state index contributed by atoms with van der Waals surface area (Å²) in [5.41, 5.74) is 6.74. The van der Waals surface area contributed by atoms with E-state index in [1.807, 2.05) is 12.1 Å². The van der Waals surface area contributed by atoms with Crippen LogP contribution in [-0.4, -0.2) is 5.11 Å². The van der Waals surface area contributed by atoms with Crippen LogP contribution in [0.25, 0.3) is 11.1 Å². The van der Waals surface area contributed by atoms with Crippen molar-refractivity contribution in [1.82, 2.24) is 0 Å². The number of phenols is 1. The summed E-state index contributed by atoms with van der Waals surface area (Å²) in [6.45, 7) is 2.31. The van der Waals surface area contributed by atoms with Crippen LogP contribution >= 0.6 is 0 Å². The fourth-order valence-corrected chi connectivity index (χ4v) is 4.96. The van der Waals surface area contributed by atoms with Gasteiger partial charge in [-0.15, -0.1) is 0 Å². The topological polar surface area (TPSA) is 20.2 Å². The molecular weight excluding hydrogens is 364 g/mol. The first-order valence-corrected chi connectivity index (χ1v) is 11.7. The molecule has 0 unspecified atom stereocenters. The van der Waals surface area contributed by atoms with E-state index in [0.717, 1.165) is 24.7 Å². The van der Waals surface area contributed by atoms with Crippen molar-refractivity contribution in [3.63, 3.8) is 0 Å². The summed E-state index contributed by atoms with van der Waals surface area (Å²) >= 11 is 0. The van der Waals surface area contributed by atoms with E-state index in [-0.39, 0.29) is 0 Å². The van der Waals surface area contributed by atoms with Crippen molar-refractivity contribution in [2.24, 2.45) is 5.92 Å². The van der Waals surface area contributed by atoms with Crippen LogP contribution < -0.4 is 0 Å². The predicted molar refractivity (Wildman–Crippen MR) is 127 cm³/mol. The van der Waals surface area contributed by atoms with Gasteiger partial charge in [0.15, 0.2) is 0 Å². The molecule has 1 saturated carbocycles. The largest absolute Gasteiger partial charge is 0.508 e. The quantitative estimate of drug-likeness (QED) is 0.428. The molecule has 0 aliphatic heterocycles. The molecule has 3 aromatic rings. The van der Waals surface area contributed by atoms with Gasteiger partial charge < -0.3 is 5.11 Å². The molecule has 0 spiro atoms. The number of aromatic hydroxyl groups is 1. The van der Waals surface area contributed by atoms with Gasteiger partial charge in [0, 0.05) is 0 Å². The van der Waals surface area contributed by atoms with Crippen LogP contribution in [0.4, 0.5) is 0 Å². The Morgan fingerprint density at radius 2 is 1.17 bits per heavy atom. The smallest absolute Gasteiger partial charge is 0.115 e. The van der Waals surface area contributed by atoms with Gasteiger partial charge in [0.25, 0.3) is 0 Å². The minimum atomic E-state index is 0.332. The van der Waals surface area contributed by atoms with Crippen molar-refractivity contribution in [3.05, 3.63) is 89.5 Å². The first kappa shape index (κ1) is 20.7. The van der Waals surface area contributed by atoms with E-state index < -0.39 is 0 Å². The second-order valence-corrected chi connectivity index (χ2v) is 8.99. The Labute approximate surface area is 181 Å². The molecule has 3 aromatic carbocycles. The second kappa shape index (κ2) is 9.98. The molecular formula is C29H34O. The van der Waals surface area contributed by atoms with E-state index >= 15 is 0 Å². The molecule has 1 aliphatic rings. The summed E-state index contributed by atoms with van der Waals surface area (Å²) in [6.07, 6.45) is 10.3. The van der Waals surface area contributed by atoms with Crippen LogP contribution in [0.15, 0.2) is 72.8 Å². The summed E-state index contributed by atoms with van der Waals surface area (Å²) in [5.74, 6) is 2.06. The number of phenolic OH excluding ortho intramolecular Hbond substituents is 1. The molecule has 0 radical (unpaired) electrons. The van der Waals surface area contributed by atoms with Gasteiger partial charge in [0.05, 0.1) is 0 Å². The third-order valence-electron chi connectivity index (χ3n) is 6.85. The van der Waals surface area contributed by atoms with Gasteiger partial charge in [-0.05, 0) is 90.3 Å². The Balaban J connectivity index is 1.33. The van der Waals surface area contributed by atoms with Gasteiger partial charge in [-0.3, -0.25) is 0 Å². The molecule has 0 saturated heterocycles. The number of hydrogen-bond acceptors (Lipinski definition) is 1. The van der Waals surface area contributed by atoms with Gasteiger partial charge >= 0.3 is 0 Å². The standard InChI is InChI=1S/C29H34O/c1-2-3-22-6-12-25(13-7-22)27-16-18-28(19-17-27)26-14-8-23(9-15-26)4-5-24-10-20-29(30)21-11-24/h8-11,14-22,25,30H,2-7,12-13H2,1H3. The number of hydrogen-bond donors (Lipinski definition) is 1. The van der Waals surface area contributed by atoms with E-state index in [2.05, 4.69) is 55.5 Å². The molecule has 1 nitrogen and oxygen atoms in total. The lowest BCUT2D eigenvalue weighted by Crippen LogP contribution is -2.13. The molecule has 4 rings (SSSR count). The Hall–Kier alpha value is -2.54. The average Bonchev–Trinajstić information content (AvgIpc) is 2.80. The predicted octanol–water partition coefficient (Wildman–Crippen LogP) is 7.92. The summed E-state index contributed by atoms with van der Waals surface area (Å²) in [4.78, 5) is 0. The Bertz CT molecular complexity index is 898. The zero-order chi connectivity index (χ0) is 20.8. The van der Waals surface area contributed by atoms with Crippen LogP contribution in [0.1, 0.15) is 68.1 Å². The van der Waals surface area contributed by atoms with Gasteiger partial charge in [0.1, 0.15) is 5.75 Å². The van der Waals surface area contributed by atoms with Crippen LogP contribution in [-0.2, 0) is 12.8 Å². The maximum Gasteiger partial charge on any atom is 0.115 e. The zero-order valence-electron chi connectivity index (χ0n) is 18.2. The first-order valence-electron chi connectivity index (χ1n) is 11.7. The fourth-order valence-electron chi connectivity index (χ4n) is 4.96. The highest BCUT2D eigenvalue weighted by molar-refractivity contribution is 5.64. The molecule has 1 fully saturated rings. The monoisotopic (exact) mass is 398 g/mol. The van der Waals surface area contributed by atoms with Gasteiger partial charge in [-0.25, -0.2) is 0 Å². The maximum absolute atomic E-state index is 9.40. The fraction of sp³-hybridized carbons (Fsp3) is 0.379. The van der Waals surface area contributed by atoms with E-state index in [0.29, 0.717) is 5.75 Å². The molecule has 0 bridgehead atoms. The van der Waals surface area contributed by atoms with E-state index in [1.54, 1.807) is 12.1 Å². The highest BCUT2D eigenvalue weighted by Crippen LogP contribution is 2.38. The lowest BCUT2D eigenvalue weighted by atomic mass is 9.77. The third kappa shape index (κ3) is 5.33. The number of rotatable bonds is 7. The molecule has 0 amide bonds. The van der Waals surface area contributed by atoms with Crippen molar-refractivity contribution in [1.29, 1.82) is 0 Å². The van der Waals surface area contributed by atoms with Crippen molar-refractivity contribution in [2.45, 2.75) is 64.2 Å².